The van der Waals surface area contributed by atoms with Gasteiger partial charge in [0.15, 0.2) is 5.78 Å². The molecule has 0 atom stereocenters. The van der Waals surface area contributed by atoms with E-state index in [4.69, 9.17) is 4.74 Å². The third-order valence-electron chi connectivity index (χ3n) is 5.08. The molecule has 4 rings (SSSR count). The number of carbonyl (C=O) groups is 2. The Morgan fingerprint density at radius 2 is 1.33 bits per heavy atom. The highest BCUT2D eigenvalue weighted by Crippen LogP contribution is 2.50. The second kappa shape index (κ2) is 6.69. The molecular weight excluding hydrogens is 336 g/mol. The van der Waals surface area contributed by atoms with Crippen molar-refractivity contribution in [2.45, 2.75) is 5.41 Å². The monoisotopic (exact) mass is 354 g/mol. The summed E-state index contributed by atoms with van der Waals surface area (Å²) in [5.41, 5.74) is 2.79. The van der Waals surface area contributed by atoms with E-state index in [0.717, 1.165) is 22.3 Å². The fourth-order valence-electron chi connectivity index (χ4n) is 3.93. The predicted octanol–water partition coefficient (Wildman–Crippen LogP) is 4.16. The number of ketones is 1. The largest absolute Gasteiger partial charge is 0.466 e. The van der Waals surface area contributed by atoms with Crippen LogP contribution in [-0.2, 0) is 19.7 Å². The molecular formula is C24H18O3. The summed E-state index contributed by atoms with van der Waals surface area (Å²) in [5, 5.41) is 0. The maximum atomic E-state index is 13.9. The summed E-state index contributed by atoms with van der Waals surface area (Å²) < 4.78 is 4.79. The van der Waals surface area contributed by atoms with Gasteiger partial charge in [-0.3, -0.25) is 4.79 Å². The molecule has 3 aromatic carbocycles. The first kappa shape index (κ1) is 17.0. The van der Waals surface area contributed by atoms with Gasteiger partial charge in [-0.2, -0.15) is 0 Å². The molecule has 0 radical (unpaired) electrons. The van der Waals surface area contributed by atoms with Gasteiger partial charge in [0.25, 0.3) is 0 Å². The normalized spacial score (nSPS) is 16.2. The van der Waals surface area contributed by atoms with Crippen LogP contribution >= 0.6 is 0 Å². The molecule has 27 heavy (non-hydrogen) atoms. The topological polar surface area (TPSA) is 43.4 Å². The molecule has 0 unspecified atom stereocenters. The van der Waals surface area contributed by atoms with Crippen LogP contribution in [0.5, 0.6) is 0 Å². The number of esters is 1. The van der Waals surface area contributed by atoms with Crippen molar-refractivity contribution in [3.63, 3.8) is 0 Å². The minimum Gasteiger partial charge on any atom is -0.466 e. The van der Waals surface area contributed by atoms with Crippen molar-refractivity contribution < 1.29 is 14.3 Å². The number of hydrogen-bond acceptors (Lipinski definition) is 3. The zero-order valence-corrected chi connectivity index (χ0v) is 14.9. The van der Waals surface area contributed by atoms with E-state index in [1.807, 2.05) is 84.9 Å². The van der Waals surface area contributed by atoms with Crippen molar-refractivity contribution in [1.29, 1.82) is 0 Å². The van der Waals surface area contributed by atoms with E-state index < -0.39 is 11.4 Å². The van der Waals surface area contributed by atoms with E-state index in [1.54, 1.807) is 0 Å². The molecule has 3 nitrogen and oxygen atoms in total. The first-order valence-electron chi connectivity index (χ1n) is 8.75. The second-order valence-corrected chi connectivity index (χ2v) is 6.44. The van der Waals surface area contributed by atoms with Crippen molar-refractivity contribution in [2.24, 2.45) is 0 Å². The SMILES string of the molecule is COC(=O)/C=C1/C(=O)C(c2ccccc2)(c2ccccc2)c2ccccc21. The van der Waals surface area contributed by atoms with Crippen molar-refractivity contribution in [1.82, 2.24) is 0 Å². The Morgan fingerprint density at radius 1 is 0.815 bits per heavy atom. The third kappa shape index (κ3) is 2.51. The number of ether oxygens (including phenoxy) is 1. The van der Waals surface area contributed by atoms with Gasteiger partial charge in [-0.05, 0) is 22.3 Å². The molecule has 0 heterocycles. The zero-order chi connectivity index (χ0) is 18.9. The lowest BCUT2D eigenvalue weighted by atomic mass is 9.69. The van der Waals surface area contributed by atoms with Crippen LogP contribution in [-0.4, -0.2) is 18.9 Å². The second-order valence-electron chi connectivity index (χ2n) is 6.44. The molecule has 0 saturated heterocycles. The fraction of sp³-hybridized carbons (Fsp3) is 0.0833. The molecule has 3 heteroatoms. The number of carbonyl (C=O) groups excluding carboxylic acids is 2. The molecule has 132 valence electrons. The molecule has 0 fully saturated rings. The van der Waals surface area contributed by atoms with Gasteiger partial charge in [0.05, 0.1) is 7.11 Å². The summed E-state index contributed by atoms with van der Waals surface area (Å²) in [6.07, 6.45) is 1.30. The fourth-order valence-corrected chi connectivity index (χ4v) is 3.93. The third-order valence-corrected chi connectivity index (χ3v) is 5.08. The minimum absolute atomic E-state index is 0.119. The van der Waals surface area contributed by atoms with E-state index >= 15 is 0 Å². The highest BCUT2D eigenvalue weighted by molar-refractivity contribution is 6.34. The van der Waals surface area contributed by atoms with Crippen LogP contribution < -0.4 is 0 Å². The van der Waals surface area contributed by atoms with Gasteiger partial charge in [0.2, 0.25) is 0 Å². The van der Waals surface area contributed by atoms with Crippen LogP contribution in [0, 0.1) is 0 Å². The molecule has 3 aromatic rings. The predicted molar refractivity (Wildman–Crippen MR) is 104 cm³/mol. The lowest BCUT2D eigenvalue weighted by Crippen LogP contribution is -2.34. The van der Waals surface area contributed by atoms with Gasteiger partial charge in [-0.25, -0.2) is 4.79 Å². The van der Waals surface area contributed by atoms with Crippen LogP contribution in [0.4, 0.5) is 0 Å². The average molecular weight is 354 g/mol. The Kier molecular flexibility index (Phi) is 4.21. The summed E-state index contributed by atoms with van der Waals surface area (Å²) in [4.78, 5) is 25.8. The maximum absolute atomic E-state index is 13.9. The molecule has 0 saturated carbocycles. The van der Waals surface area contributed by atoms with Crippen LogP contribution in [0.1, 0.15) is 22.3 Å². The number of methoxy groups -OCH3 is 1. The average Bonchev–Trinajstić information content (AvgIpc) is 2.98. The zero-order valence-electron chi connectivity index (χ0n) is 14.9. The quantitative estimate of drug-likeness (QED) is 0.524. The molecule has 0 N–H and O–H groups in total. The number of hydrogen-bond donors (Lipinski definition) is 0. The molecule has 0 aliphatic heterocycles. The van der Waals surface area contributed by atoms with Gasteiger partial charge in [-0.1, -0.05) is 84.9 Å². The number of rotatable bonds is 3. The van der Waals surface area contributed by atoms with E-state index in [-0.39, 0.29) is 5.78 Å². The lowest BCUT2D eigenvalue weighted by Gasteiger charge is -2.30. The van der Waals surface area contributed by atoms with E-state index in [0.29, 0.717) is 5.57 Å². The minimum atomic E-state index is -0.987. The smallest absolute Gasteiger partial charge is 0.331 e. The Hall–Kier alpha value is -3.46. The van der Waals surface area contributed by atoms with Gasteiger partial charge >= 0.3 is 5.97 Å². The molecule has 0 amide bonds. The van der Waals surface area contributed by atoms with Crippen LogP contribution in [0.15, 0.2) is 91.0 Å². The number of Topliss-reactive ketones (excluding diaryl/α,β-unsaturated/α-hetero) is 1. The van der Waals surface area contributed by atoms with Crippen molar-refractivity contribution in [3.05, 3.63) is 113 Å². The molecule has 0 aromatic heterocycles. The first-order valence-corrected chi connectivity index (χ1v) is 8.75. The number of allylic oxidation sites excluding steroid dienone is 1. The highest BCUT2D eigenvalue weighted by Gasteiger charge is 2.51. The van der Waals surface area contributed by atoms with Crippen molar-refractivity contribution in [3.8, 4) is 0 Å². The van der Waals surface area contributed by atoms with Crippen molar-refractivity contribution in [2.75, 3.05) is 7.11 Å². The molecule has 1 aliphatic rings. The van der Waals surface area contributed by atoms with Gasteiger partial charge in [-0.15, -0.1) is 0 Å². The highest BCUT2D eigenvalue weighted by atomic mass is 16.5. The summed E-state index contributed by atoms with van der Waals surface area (Å²) in [5.74, 6) is -0.656. The number of fused-ring (bicyclic) bond motifs is 1. The first-order chi connectivity index (χ1) is 13.2. The van der Waals surface area contributed by atoms with E-state index in [9.17, 15) is 9.59 Å². The lowest BCUT2D eigenvalue weighted by molar-refractivity contribution is -0.135. The summed E-state index contributed by atoms with van der Waals surface area (Å²) >= 11 is 0. The molecule has 1 aliphatic carbocycles. The van der Waals surface area contributed by atoms with Crippen LogP contribution in [0.2, 0.25) is 0 Å². The molecule has 0 spiro atoms. The Balaban J connectivity index is 2.10. The summed E-state index contributed by atoms with van der Waals surface area (Å²) in [6, 6.07) is 27.1. The summed E-state index contributed by atoms with van der Waals surface area (Å²) in [6.45, 7) is 0. The number of benzene rings is 3. The molecule has 0 bridgehead atoms. The van der Waals surface area contributed by atoms with Crippen molar-refractivity contribution >= 4 is 17.3 Å². The standard InChI is InChI=1S/C24H18O3/c1-27-22(25)16-20-19-14-8-9-15-21(19)24(23(20)26,17-10-4-2-5-11-17)18-12-6-3-7-13-18/h2-16H,1H3/b20-16+. The maximum Gasteiger partial charge on any atom is 0.331 e. The van der Waals surface area contributed by atoms with Gasteiger partial charge < -0.3 is 4.74 Å². The van der Waals surface area contributed by atoms with Crippen LogP contribution in [0.3, 0.4) is 0 Å². The summed E-state index contributed by atoms with van der Waals surface area (Å²) in [7, 11) is 1.31. The Morgan fingerprint density at radius 3 is 1.89 bits per heavy atom. The van der Waals surface area contributed by atoms with Gasteiger partial charge in [0.1, 0.15) is 5.41 Å². The van der Waals surface area contributed by atoms with Crippen LogP contribution in [0.25, 0.3) is 5.57 Å². The Labute approximate surface area is 157 Å². The van der Waals surface area contributed by atoms with E-state index in [1.165, 1.54) is 13.2 Å². The van der Waals surface area contributed by atoms with Gasteiger partial charge in [0, 0.05) is 11.6 Å². The van der Waals surface area contributed by atoms with E-state index in [2.05, 4.69) is 0 Å². The Bertz CT molecular complexity index is 994.